The van der Waals surface area contributed by atoms with Gasteiger partial charge in [0.2, 0.25) is 11.8 Å². The maximum Gasteiger partial charge on any atom is 0.328 e. The first-order valence-electron chi connectivity index (χ1n) is 10.1. The van der Waals surface area contributed by atoms with Crippen LogP contribution in [0.3, 0.4) is 0 Å². The predicted octanol–water partition coefficient (Wildman–Crippen LogP) is 0.198. The lowest BCUT2D eigenvalue weighted by Gasteiger charge is -2.19. The maximum absolute atomic E-state index is 12.2. The van der Waals surface area contributed by atoms with E-state index in [4.69, 9.17) is 4.74 Å². The third-order valence-electron chi connectivity index (χ3n) is 5.15. The van der Waals surface area contributed by atoms with Crippen LogP contribution in [0.4, 0.5) is 5.69 Å². The molecule has 10 heteroatoms. The van der Waals surface area contributed by atoms with Gasteiger partial charge in [-0.15, -0.1) is 0 Å². The molecule has 2 heterocycles. The van der Waals surface area contributed by atoms with E-state index in [0.717, 1.165) is 11.3 Å². The fourth-order valence-electron chi connectivity index (χ4n) is 3.36. The Labute approximate surface area is 178 Å². The number of fused-ring (bicyclic) bond motifs is 1. The molecule has 2 aromatic rings. The molecule has 0 saturated heterocycles. The van der Waals surface area contributed by atoms with E-state index in [-0.39, 0.29) is 43.3 Å². The van der Waals surface area contributed by atoms with Gasteiger partial charge in [-0.25, -0.2) is 4.79 Å². The molecule has 10 nitrogen and oxygen atoms in total. The second-order valence-corrected chi connectivity index (χ2v) is 7.40. The number of hydrogen-bond acceptors (Lipinski definition) is 6. The van der Waals surface area contributed by atoms with Crippen molar-refractivity contribution in [1.82, 2.24) is 14.9 Å². The smallest absolute Gasteiger partial charge is 0.328 e. The van der Waals surface area contributed by atoms with Crippen molar-refractivity contribution in [2.24, 2.45) is 0 Å². The number of aryl methyl sites for hydroxylation is 1. The van der Waals surface area contributed by atoms with Gasteiger partial charge < -0.3 is 20.5 Å². The number of benzene rings is 1. The Kier molecular flexibility index (Phi) is 7.37. The average Bonchev–Trinajstić information content (AvgIpc) is 2.75. The molecule has 0 radical (unpaired) electrons. The van der Waals surface area contributed by atoms with Crippen molar-refractivity contribution in [3.8, 4) is 0 Å². The fraction of sp³-hybridized carbons (Fsp3) is 0.429. The number of carbonyl (C=O) groups excluding carboxylic acids is 2. The number of rotatable bonds is 9. The van der Waals surface area contributed by atoms with Crippen molar-refractivity contribution in [3.05, 3.63) is 61.9 Å². The van der Waals surface area contributed by atoms with Gasteiger partial charge in [-0.05, 0) is 30.0 Å². The number of H-pyrrole nitrogens is 1. The minimum Gasteiger partial charge on any atom is -0.388 e. The summed E-state index contributed by atoms with van der Waals surface area (Å²) in [7, 11) is 1.51. The number of nitrogens with zero attached hydrogens (tertiary/aromatic N) is 1. The van der Waals surface area contributed by atoms with Gasteiger partial charge in [0.25, 0.3) is 5.56 Å². The third kappa shape index (κ3) is 5.89. The Morgan fingerprint density at radius 3 is 2.87 bits per heavy atom. The van der Waals surface area contributed by atoms with E-state index in [1.54, 1.807) is 12.1 Å². The minimum absolute atomic E-state index is 0.0228. The topological polar surface area (TPSA) is 143 Å². The Morgan fingerprint density at radius 2 is 2.10 bits per heavy atom. The van der Waals surface area contributed by atoms with Gasteiger partial charge >= 0.3 is 5.69 Å². The van der Waals surface area contributed by atoms with Gasteiger partial charge in [0.1, 0.15) is 0 Å². The molecule has 0 aliphatic carbocycles. The fourth-order valence-corrected chi connectivity index (χ4v) is 3.36. The summed E-state index contributed by atoms with van der Waals surface area (Å²) in [5.74, 6) is -0.344. The Hall–Kier alpha value is -3.24. The highest BCUT2D eigenvalue weighted by Crippen LogP contribution is 2.27. The number of nitrogens with one attached hydrogen (secondary N) is 3. The van der Waals surface area contributed by atoms with Crippen molar-refractivity contribution >= 4 is 17.5 Å². The van der Waals surface area contributed by atoms with Crippen molar-refractivity contribution in [1.29, 1.82) is 0 Å². The lowest BCUT2D eigenvalue weighted by Crippen LogP contribution is -2.35. The summed E-state index contributed by atoms with van der Waals surface area (Å²) in [6.45, 7) is 0.560. The van der Waals surface area contributed by atoms with Crippen LogP contribution in [-0.2, 0) is 33.8 Å². The average molecular weight is 430 g/mol. The summed E-state index contributed by atoms with van der Waals surface area (Å²) < 4.78 is 6.25. The van der Waals surface area contributed by atoms with Crippen LogP contribution in [0.5, 0.6) is 0 Å². The van der Waals surface area contributed by atoms with Crippen LogP contribution in [0.15, 0.2) is 34.0 Å². The molecule has 4 N–H and O–H groups in total. The van der Waals surface area contributed by atoms with Crippen LogP contribution in [0.25, 0.3) is 0 Å². The van der Waals surface area contributed by atoms with E-state index in [9.17, 15) is 24.3 Å². The number of aromatic nitrogens is 2. The predicted molar refractivity (Wildman–Crippen MR) is 113 cm³/mol. The van der Waals surface area contributed by atoms with Gasteiger partial charge in [0, 0.05) is 38.4 Å². The molecule has 1 aliphatic rings. The summed E-state index contributed by atoms with van der Waals surface area (Å²) in [4.78, 5) is 49.6. The Balaban J connectivity index is 1.53. The van der Waals surface area contributed by atoms with Crippen LogP contribution in [-0.4, -0.2) is 40.2 Å². The number of ether oxygens (including phenoxy) is 1. The Morgan fingerprint density at radius 1 is 1.29 bits per heavy atom. The van der Waals surface area contributed by atoms with Gasteiger partial charge in [0.05, 0.1) is 24.8 Å². The van der Waals surface area contributed by atoms with E-state index in [1.807, 2.05) is 6.07 Å². The first-order chi connectivity index (χ1) is 14.9. The summed E-state index contributed by atoms with van der Waals surface area (Å²) >= 11 is 0. The molecule has 1 aliphatic heterocycles. The highest BCUT2D eigenvalue weighted by Gasteiger charge is 2.17. The second-order valence-electron chi connectivity index (χ2n) is 7.40. The van der Waals surface area contributed by atoms with Crippen LogP contribution >= 0.6 is 0 Å². The number of carbonyl (C=O) groups is 2. The monoisotopic (exact) mass is 430 g/mol. The SMILES string of the molecule is COCCn1cc(CNC(=O)CCC(O)c2ccc3c(c2)CCC(=O)N3)c(=O)[nH]c1=O. The number of aromatic amines is 1. The van der Waals surface area contributed by atoms with Gasteiger partial charge in [-0.3, -0.25) is 23.9 Å². The van der Waals surface area contributed by atoms with Gasteiger partial charge in [-0.2, -0.15) is 0 Å². The van der Waals surface area contributed by atoms with Crippen molar-refractivity contribution in [2.75, 3.05) is 19.0 Å². The van der Waals surface area contributed by atoms with E-state index in [1.165, 1.54) is 17.9 Å². The molecule has 0 bridgehead atoms. The van der Waals surface area contributed by atoms with Crippen molar-refractivity contribution in [3.63, 3.8) is 0 Å². The van der Waals surface area contributed by atoms with Crippen LogP contribution in [0.1, 0.15) is 42.1 Å². The quantitative estimate of drug-likeness (QED) is 0.448. The van der Waals surface area contributed by atoms with Gasteiger partial charge in [-0.1, -0.05) is 12.1 Å². The number of aliphatic hydroxyl groups is 1. The lowest BCUT2D eigenvalue weighted by atomic mass is 9.96. The van der Waals surface area contributed by atoms with Crippen molar-refractivity contribution in [2.45, 2.75) is 44.9 Å². The first kappa shape index (κ1) is 22.4. The molecule has 0 spiro atoms. The molecule has 1 aromatic heterocycles. The molecule has 3 rings (SSSR count). The normalized spacial score (nSPS) is 13.9. The number of hydrogen-bond donors (Lipinski definition) is 4. The highest BCUT2D eigenvalue weighted by molar-refractivity contribution is 5.93. The zero-order chi connectivity index (χ0) is 22.4. The molecule has 1 atom stereocenters. The van der Waals surface area contributed by atoms with Crippen LogP contribution in [0.2, 0.25) is 0 Å². The molecular formula is C21H26N4O6. The maximum atomic E-state index is 12.2. The molecule has 1 unspecified atom stereocenters. The number of aliphatic hydroxyl groups excluding tert-OH is 1. The largest absolute Gasteiger partial charge is 0.388 e. The van der Waals surface area contributed by atoms with Crippen LogP contribution in [0, 0.1) is 0 Å². The standard InChI is InChI=1S/C21H26N4O6/c1-31-9-8-25-12-15(20(29)24-21(25)30)11-22-18(27)7-5-17(26)14-2-4-16-13(10-14)3-6-19(28)23-16/h2,4,10,12,17,26H,3,5-9,11H2,1H3,(H,22,27)(H,23,28)(H,24,29,30). The van der Waals surface area contributed by atoms with E-state index in [0.29, 0.717) is 25.0 Å². The summed E-state index contributed by atoms with van der Waals surface area (Å²) in [5.41, 5.74) is 1.56. The second kappa shape index (κ2) is 10.2. The summed E-state index contributed by atoms with van der Waals surface area (Å²) in [5, 5.41) is 15.9. The number of amides is 2. The molecular weight excluding hydrogens is 404 g/mol. The zero-order valence-corrected chi connectivity index (χ0v) is 17.3. The molecule has 0 fully saturated rings. The first-order valence-corrected chi connectivity index (χ1v) is 10.1. The Bertz CT molecular complexity index is 1070. The molecule has 1 aromatic carbocycles. The van der Waals surface area contributed by atoms with Gasteiger partial charge in [0.15, 0.2) is 0 Å². The summed E-state index contributed by atoms with van der Waals surface area (Å²) in [6.07, 6.45) is 1.88. The van der Waals surface area contributed by atoms with Crippen LogP contribution < -0.4 is 21.9 Å². The van der Waals surface area contributed by atoms with E-state index in [2.05, 4.69) is 15.6 Å². The zero-order valence-electron chi connectivity index (χ0n) is 17.3. The molecule has 2 amide bonds. The van der Waals surface area contributed by atoms with E-state index >= 15 is 0 Å². The highest BCUT2D eigenvalue weighted by atomic mass is 16.5. The minimum atomic E-state index is -0.826. The summed E-state index contributed by atoms with van der Waals surface area (Å²) in [6, 6.07) is 5.34. The molecule has 31 heavy (non-hydrogen) atoms. The number of methoxy groups -OCH3 is 1. The third-order valence-corrected chi connectivity index (χ3v) is 5.15. The van der Waals surface area contributed by atoms with E-state index < -0.39 is 17.4 Å². The lowest BCUT2D eigenvalue weighted by molar-refractivity contribution is -0.122. The molecule has 0 saturated carbocycles. The van der Waals surface area contributed by atoms with Crippen molar-refractivity contribution < 1.29 is 19.4 Å². The molecule has 166 valence electrons. The number of anilines is 1.